The van der Waals surface area contributed by atoms with Gasteiger partial charge in [0.25, 0.3) is 0 Å². The first kappa shape index (κ1) is 16.4. The zero-order valence-corrected chi connectivity index (χ0v) is 14.0. The van der Waals surface area contributed by atoms with Crippen molar-refractivity contribution in [2.75, 3.05) is 39.3 Å². The molecule has 23 heavy (non-hydrogen) atoms. The Morgan fingerprint density at radius 3 is 2.57 bits per heavy atom. The van der Waals surface area contributed by atoms with Crippen LogP contribution < -0.4 is 4.74 Å². The van der Waals surface area contributed by atoms with Crippen molar-refractivity contribution in [2.45, 2.75) is 12.6 Å². The molecule has 1 aliphatic rings. The van der Waals surface area contributed by atoms with Gasteiger partial charge in [-0.05, 0) is 12.1 Å². The molecule has 3 rings (SSSR count). The van der Waals surface area contributed by atoms with Crippen LogP contribution in [0.5, 0.6) is 5.75 Å². The zero-order valence-electron chi connectivity index (χ0n) is 13.2. The number of hydrogen-bond donors (Lipinski definition) is 1. The Bertz CT molecular complexity index is 556. The number of piperazine rings is 1. The van der Waals surface area contributed by atoms with Gasteiger partial charge in [0, 0.05) is 44.6 Å². The summed E-state index contributed by atoms with van der Waals surface area (Å²) in [6.45, 7) is 5.92. The summed E-state index contributed by atoms with van der Waals surface area (Å²) in [5, 5.41) is 12.3. The third kappa shape index (κ3) is 5.28. The molecule has 1 aliphatic heterocycles. The topological polar surface area (TPSA) is 48.8 Å². The Balaban J connectivity index is 1.35. The summed E-state index contributed by atoms with van der Waals surface area (Å²) in [5.74, 6) is 0.805. The summed E-state index contributed by atoms with van der Waals surface area (Å²) >= 11 is 1.65. The highest BCUT2D eigenvalue weighted by Crippen LogP contribution is 2.11. The fourth-order valence-electron chi connectivity index (χ4n) is 2.73. The normalized spacial score (nSPS) is 18.0. The smallest absolute Gasteiger partial charge is 0.119 e. The number of thiazole rings is 1. The first-order chi connectivity index (χ1) is 11.3. The van der Waals surface area contributed by atoms with Crippen LogP contribution in [0.15, 0.2) is 41.2 Å². The lowest BCUT2D eigenvalue weighted by atomic mass is 10.2. The van der Waals surface area contributed by atoms with Crippen molar-refractivity contribution in [1.82, 2.24) is 14.8 Å². The van der Waals surface area contributed by atoms with E-state index in [9.17, 15) is 5.11 Å². The molecule has 0 amide bonds. The van der Waals surface area contributed by atoms with E-state index in [1.54, 1.807) is 11.3 Å². The summed E-state index contributed by atoms with van der Waals surface area (Å²) in [6.07, 6.45) is -0.458. The van der Waals surface area contributed by atoms with Crippen molar-refractivity contribution >= 4 is 11.3 Å². The molecule has 1 atom stereocenters. The number of para-hydroxylation sites is 1. The predicted molar refractivity (Wildman–Crippen MR) is 91.8 cm³/mol. The highest BCUT2D eigenvalue weighted by atomic mass is 32.1. The third-order valence-corrected chi connectivity index (χ3v) is 4.62. The van der Waals surface area contributed by atoms with Crippen LogP contribution in [-0.2, 0) is 6.54 Å². The van der Waals surface area contributed by atoms with E-state index in [-0.39, 0.29) is 0 Å². The first-order valence-electron chi connectivity index (χ1n) is 7.97. The van der Waals surface area contributed by atoms with E-state index >= 15 is 0 Å². The van der Waals surface area contributed by atoms with E-state index in [0.717, 1.165) is 44.2 Å². The molecule has 1 fully saturated rings. The molecule has 1 aromatic carbocycles. The van der Waals surface area contributed by atoms with E-state index in [1.807, 2.05) is 35.8 Å². The Morgan fingerprint density at radius 2 is 1.87 bits per heavy atom. The number of β-amino-alcohol motifs (C(OH)–C–C–N with tert-alkyl or cyclic N) is 1. The van der Waals surface area contributed by atoms with Crippen molar-refractivity contribution in [2.24, 2.45) is 0 Å². The van der Waals surface area contributed by atoms with Crippen LogP contribution >= 0.6 is 11.3 Å². The Labute approximate surface area is 141 Å². The van der Waals surface area contributed by atoms with E-state index in [4.69, 9.17) is 4.74 Å². The number of nitrogens with zero attached hydrogens (tertiary/aromatic N) is 3. The number of hydrogen-bond acceptors (Lipinski definition) is 6. The second-order valence-corrected chi connectivity index (χ2v) is 6.55. The van der Waals surface area contributed by atoms with Gasteiger partial charge in [-0.15, -0.1) is 11.3 Å². The summed E-state index contributed by atoms with van der Waals surface area (Å²) in [7, 11) is 0. The van der Waals surface area contributed by atoms with Crippen LogP contribution in [0.25, 0.3) is 0 Å². The minimum atomic E-state index is -0.458. The highest BCUT2D eigenvalue weighted by Gasteiger charge is 2.19. The van der Waals surface area contributed by atoms with Crippen molar-refractivity contribution in [3.63, 3.8) is 0 Å². The van der Waals surface area contributed by atoms with Crippen LogP contribution in [-0.4, -0.2) is 65.3 Å². The van der Waals surface area contributed by atoms with Gasteiger partial charge in [-0.25, -0.2) is 4.98 Å². The van der Waals surface area contributed by atoms with Crippen LogP contribution in [0.1, 0.15) is 5.69 Å². The fourth-order valence-corrected chi connectivity index (χ4v) is 3.28. The van der Waals surface area contributed by atoms with E-state index in [1.165, 1.54) is 0 Å². The summed E-state index contributed by atoms with van der Waals surface area (Å²) in [5.41, 5.74) is 3.04. The van der Waals surface area contributed by atoms with Gasteiger partial charge in [-0.1, -0.05) is 18.2 Å². The molecule has 0 unspecified atom stereocenters. The standard InChI is InChI=1S/C17H23N3O2S/c21-16(12-22-17-4-2-1-3-5-17)11-20-8-6-19(7-9-20)10-15-13-23-14-18-15/h1-5,13-14,16,21H,6-12H2/t16-/m1/s1. The van der Waals surface area contributed by atoms with Gasteiger partial charge < -0.3 is 9.84 Å². The predicted octanol–water partition coefficient (Wildman–Crippen LogP) is 1.70. The number of benzene rings is 1. The second-order valence-electron chi connectivity index (χ2n) is 5.83. The molecule has 0 radical (unpaired) electrons. The fraction of sp³-hybridized carbons (Fsp3) is 0.471. The molecule has 0 aliphatic carbocycles. The Hall–Kier alpha value is -1.47. The minimum absolute atomic E-state index is 0.336. The Morgan fingerprint density at radius 1 is 1.13 bits per heavy atom. The van der Waals surface area contributed by atoms with Crippen LogP contribution in [0, 0.1) is 0 Å². The second kappa shape index (κ2) is 8.40. The maximum atomic E-state index is 10.1. The number of aliphatic hydroxyl groups excluding tert-OH is 1. The maximum Gasteiger partial charge on any atom is 0.119 e. The molecule has 5 nitrogen and oxygen atoms in total. The molecular formula is C17H23N3O2S. The van der Waals surface area contributed by atoms with Gasteiger partial charge >= 0.3 is 0 Å². The van der Waals surface area contributed by atoms with Gasteiger partial charge in [0.15, 0.2) is 0 Å². The number of aromatic nitrogens is 1. The largest absolute Gasteiger partial charge is 0.491 e. The molecular weight excluding hydrogens is 310 g/mol. The minimum Gasteiger partial charge on any atom is -0.491 e. The SMILES string of the molecule is O[C@@H](COc1ccccc1)CN1CCN(Cc2cscn2)CC1. The van der Waals surface area contributed by atoms with Gasteiger partial charge in [-0.2, -0.15) is 0 Å². The molecule has 6 heteroatoms. The molecule has 2 heterocycles. The van der Waals surface area contributed by atoms with Crippen LogP contribution in [0.4, 0.5) is 0 Å². The molecule has 1 saturated heterocycles. The van der Waals surface area contributed by atoms with Crippen molar-refractivity contribution < 1.29 is 9.84 Å². The van der Waals surface area contributed by atoms with Gasteiger partial charge in [0.1, 0.15) is 18.5 Å². The summed E-state index contributed by atoms with van der Waals surface area (Å²) < 4.78 is 5.61. The lowest BCUT2D eigenvalue weighted by Gasteiger charge is -2.35. The quantitative estimate of drug-likeness (QED) is 0.836. The Kier molecular flexibility index (Phi) is 5.99. The maximum absolute atomic E-state index is 10.1. The third-order valence-electron chi connectivity index (χ3n) is 3.99. The molecule has 2 aromatic rings. The molecule has 124 valence electrons. The summed E-state index contributed by atoms with van der Waals surface area (Å²) in [6, 6.07) is 9.63. The van der Waals surface area contributed by atoms with Crippen molar-refractivity contribution in [3.8, 4) is 5.75 Å². The van der Waals surface area contributed by atoms with Gasteiger partial charge in [-0.3, -0.25) is 9.80 Å². The van der Waals surface area contributed by atoms with Crippen molar-refractivity contribution in [3.05, 3.63) is 46.9 Å². The number of ether oxygens (including phenoxy) is 1. The summed E-state index contributed by atoms with van der Waals surface area (Å²) in [4.78, 5) is 9.05. The lowest BCUT2D eigenvalue weighted by Crippen LogP contribution is -2.48. The zero-order chi connectivity index (χ0) is 15.9. The lowest BCUT2D eigenvalue weighted by molar-refractivity contribution is 0.0444. The molecule has 1 N–H and O–H groups in total. The first-order valence-corrected chi connectivity index (χ1v) is 8.91. The molecule has 0 spiro atoms. The highest BCUT2D eigenvalue weighted by molar-refractivity contribution is 7.07. The molecule has 0 saturated carbocycles. The number of aliphatic hydroxyl groups is 1. The van der Waals surface area contributed by atoms with Crippen LogP contribution in [0.3, 0.4) is 0 Å². The van der Waals surface area contributed by atoms with Crippen LogP contribution in [0.2, 0.25) is 0 Å². The van der Waals surface area contributed by atoms with E-state index in [2.05, 4.69) is 20.2 Å². The molecule has 1 aromatic heterocycles. The van der Waals surface area contributed by atoms with E-state index < -0.39 is 6.10 Å². The number of rotatable bonds is 7. The molecule has 0 bridgehead atoms. The van der Waals surface area contributed by atoms with Gasteiger partial charge in [0.2, 0.25) is 0 Å². The van der Waals surface area contributed by atoms with E-state index in [0.29, 0.717) is 13.2 Å². The average molecular weight is 333 g/mol. The van der Waals surface area contributed by atoms with Gasteiger partial charge in [0.05, 0.1) is 11.2 Å². The average Bonchev–Trinajstić information content (AvgIpc) is 3.09. The monoisotopic (exact) mass is 333 g/mol. The van der Waals surface area contributed by atoms with Crippen molar-refractivity contribution in [1.29, 1.82) is 0 Å².